The van der Waals surface area contributed by atoms with E-state index in [-0.39, 0.29) is 45.8 Å². The van der Waals surface area contributed by atoms with Gasteiger partial charge in [-0.15, -0.1) is 0 Å². The Morgan fingerprint density at radius 1 is 1.18 bits per heavy atom. The molecule has 1 aliphatic carbocycles. The van der Waals surface area contributed by atoms with Crippen LogP contribution in [0.4, 0.5) is 16.0 Å². The maximum Gasteiger partial charge on any atom is 0.285 e. The number of fused-ring (bicyclic) bond motifs is 3. The minimum atomic E-state index is -3.85. The number of nitrogens with one attached hydrogen (secondary N) is 2. The van der Waals surface area contributed by atoms with Crippen molar-refractivity contribution >= 4 is 50.1 Å². The van der Waals surface area contributed by atoms with E-state index < -0.39 is 22.0 Å². The van der Waals surface area contributed by atoms with Crippen molar-refractivity contribution in [3.63, 3.8) is 0 Å². The number of aryl methyl sites for hydroxylation is 2. The van der Waals surface area contributed by atoms with Crippen LogP contribution < -0.4 is 20.5 Å². The van der Waals surface area contributed by atoms with E-state index in [0.29, 0.717) is 41.1 Å². The van der Waals surface area contributed by atoms with Gasteiger partial charge in [0, 0.05) is 38.2 Å². The Hall–Kier alpha value is -4.04. The number of rotatable bonds is 7. The molecule has 12 nitrogen and oxygen atoms in total. The number of carbonyl (C=O) groups excluding carboxylic acids is 1. The number of piperidine rings is 1. The highest BCUT2D eigenvalue weighted by molar-refractivity contribution is 7.89. The smallest absolute Gasteiger partial charge is 0.285 e. The third-order valence-corrected chi connectivity index (χ3v) is 9.25. The van der Waals surface area contributed by atoms with E-state index in [9.17, 15) is 22.4 Å². The third kappa shape index (κ3) is 5.40. The summed E-state index contributed by atoms with van der Waals surface area (Å²) < 4.78 is 43.0. The monoisotopic (exact) mass is 642 g/mol. The van der Waals surface area contributed by atoms with Gasteiger partial charge in [0.2, 0.25) is 16.0 Å². The molecule has 6 rings (SSSR count). The number of nitrogens with zero attached hydrogens (tertiary/aromatic N) is 6. The van der Waals surface area contributed by atoms with Gasteiger partial charge in [0.05, 0.1) is 35.1 Å². The van der Waals surface area contributed by atoms with Crippen molar-refractivity contribution in [1.82, 2.24) is 29.0 Å². The average molecular weight is 643 g/mol. The molecule has 1 unspecified atom stereocenters. The molecular weight excluding hydrogens is 611 g/mol. The zero-order valence-corrected chi connectivity index (χ0v) is 26.4. The molecule has 44 heavy (non-hydrogen) atoms. The molecule has 0 spiro atoms. The number of anilines is 2. The van der Waals surface area contributed by atoms with Crippen LogP contribution >= 0.6 is 11.6 Å². The van der Waals surface area contributed by atoms with Gasteiger partial charge in [-0.05, 0) is 56.4 Å². The average Bonchev–Trinajstić information content (AvgIpc) is 3.64. The first-order valence-electron chi connectivity index (χ1n) is 14.1. The normalized spacial score (nSPS) is 20.3. The molecule has 2 aliphatic rings. The van der Waals surface area contributed by atoms with Crippen LogP contribution in [-0.2, 0) is 24.1 Å². The SMILES string of the molecule is Cc1cc([C@@H](C)Nc2ccc(Cl)nc2C(=O)NS(C)(=O)=O)c2nc(N3CC4C[C@H]3C[C@H]4c3nn(C)cc3F)n(C)c(=O)c2c1. The Morgan fingerprint density at radius 2 is 1.93 bits per heavy atom. The van der Waals surface area contributed by atoms with Crippen molar-refractivity contribution in [2.24, 2.45) is 20.0 Å². The van der Waals surface area contributed by atoms with Gasteiger partial charge >= 0.3 is 0 Å². The Bertz CT molecular complexity index is 2000. The largest absolute Gasteiger partial charge is 0.377 e. The first-order valence-corrected chi connectivity index (χ1v) is 16.4. The van der Waals surface area contributed by atoms with E-state index in [1.807, 2.05) is 24.6 Å². The third-order valence-electron chi connectivity index (χ3n) is 8.48. The molecule has 1 saturated carbocycles. The number of sulfonamides is 1. The van der Waals surface area contributed by atoms with Crippen molar-refractivity contribution in [2.45, 2.75) is 44.7 Å². The van der Waals surface area contributed by atoms with Crippen LogP contribution in [0.5, 0.6) is 0 Å². The van der Waals surface area contributed by atoms with Crippen LogP contribution in [0.15, 0.2) is 35.3 Å². The summed E-state index contributed by atoms with van der Waals surface area (Å²) >= 11 is 6.03. The zero-order chi connectivity index (χ0) is 31.7. The minimum absolute atomic E-state index is 0.0134. The van der Waals surface area contributed by atoms with Gasteiger partial charge < -0.3 is 10.2 Å². The van der Waals surface area contributed by atoms with E-state index in [0.717, 1.165) is 18.2 Å². The Balaban J connectivity index is 1.35. The van der Waals surface area contributed by atoms with Gasteiger partial charge in [0.1, 0.15) is 10.8 Å². The number of benzene rings is 1. The molecular formula is C29H32ClFN8O4S. The molecule has 1 aromatic carbocycles. The molecule has 4 aromatic rings. The second kappa shape index (κ2) is 10.8. The minimum Gasteiger partial charge on any atom is -0.377 e. The highest BCUT2D eigenvalue weighted by Crippen LogP contribution is 2.48. The number of aromatic nitrogens is 5. The van der Waals surface area contributed by atoms with E-state index in [1.165, 1.54) is 16.9 Å². The van der Waals surface area contributed by atoms with Gasteiger partial charge in [0.15, 0.2) is 11.5 Å². The number of halogens is 2. The summed E-state index contributed by atoms with van der Waals surface area (Å²) in [6.45, 7) is 4.36. The van der Waals surface area contributed by atoms with Crippen LogP contribution in [0, 0.1) is 18.7 Å². The van der Waals surface area contributed by atoms with Crippen LogP contribution in [0.2, 0.25) is 5.15 Å². The van der Waals surface area contributed by atoms with Gasteiger partial charge in [-0.1, -0.05) is 17.7 Å². The lowest BCUT2D eigenvalue weighted by atomic mass is 9.91. The first-order chi connectivity index (χ1) is 20.7. The van der Waals surface area contributed by atoms with Crippen molar-refractivity contribution in [1.29, 1.82) is 0 Å². The molecule has 1 amide bonds. The van der Waals surface area contributed by atoms with Crippen molar-refractivity contribution in [2.75, 3.05) is 23.0 Å². The predicted octanol–water partition coefficient (Wildman–Crippen LogP) is 3.41. The van der Waals surface area contributed by atoms with Crippen molar-refractivity contribution < 1.29 is 17.6 Å². The van der Waals surface area contributed by atoms with Gasteiger partial charge in [0.25, 0.3) is 11.5 Å². The molecule has 1 saturated heterocycles. The standard InChI is InChI=1S/C29H32ClFN8O4S/c1-14-8-18(15(2)32-22-6-7-23(30)33-26(22)27(40)36-44(5,42)43)24-20(9-14)28(41)38(4)29(34-24)39-12-16-10-17(39)11-19(16)25-21(31)13-37(3)35-25/h6-9,13,15-17,19,32H,10-12H2,1-5H3,(H,36,40)/t15-,16?,17+,19-/m1/s1. The van der Waals surface area contributed by atoms with E-state index in [4.69, 9.17) is 16.6 Å². The number of hydrogen-bond acceptors (Lipinski definition) is 9. The summed E-state index contributed by atoms with van der Waals surface area (Å²) in [7, 11) is -0.424. The first kappa shape index (κ1) is 30.0. The van der Waals surface area contributed by atoms with E-state index >= 15 is 0 Å². The molecule has 232 valence electrons. The summed E-state index contributed by atoms with van der Waals surface area (Å²) in [6, 6.07) is 6.36. The Labute approximate surface area is 258 Å². The van der Waals surface area contributed by atoms with Crippen LogP contribution in [0.25, 0.3) is 10.9 Å². The fourth-order valence-electron chi connectivity index (χ4n) is 6.64. The number of carbonyl (C=O) groups is 1. The molecule has 2 bridgehead atoms. The maximum absolute atomic E-state index is 14.5. The second-order valence-corrected chi connectivity index (χ2v) is 13.9. The molecule has 4 atom stereocenters. The second-order valence-electron chi connectivity index (χ2n) is 11.8. The molecule has 2 fully saturated rings. The predicted molar refractivity (Wildman–Crippen MR) is 165 cm³/mol. The number of amides is 1. The van der Waals surface area contributed by atoms with Gasteiger partial charge in [-0.3, -0.25) is 18.8 Å². The highest BCUT2D eigenvalue weighted by atomic mass is 35.5. The van der Waals surface area contributed by atoms with Crippen molar-refractivity contribution in [3.8, 4) is 0 Å². The van der Waals surface area contributed by atoms with Crippen molar-refractivity contribution in [3.05, 3.63) is 74.3 Å². The van der Waals surface area contributed by atoms with E-state index in [1.54, 1.807) is 30.8 Å². The lowest BCUT2D eigenvalue weighted by Gasteiger charge is -2.33. The van der Waals surface area contributed by atoms with Crippen LogP contribution in [0.1, 0.15) is 59.0 Å². The number of hydrogen-bond donors (Lipinski definition) is 2. The molecule has 2 N–H and O–H groups in total. The Kier molecular flexibility index (Phi) is 7.39. The lowest BCUT2D eigenvalue weighted by molar-refractivity contribution is 0.0977. The fraction of sp³-hybridized carbons (Fsp3) is 0.414. The van der Waals surface area contributed by atoms with Crippen LogP contribution in [0.3, 0.4) is 0 Å². The summed E-state index contributed by atoms with van der Waals surface area (Å²) in [5.41, 5.74) is 2.43. The van der Waals surface area contributed by atoms with E-state index in [2.05, 4.69) is 20.3 Å². The molecule has 15 heteroatoms. The summed E-state index contributed by atoms with van der Waals surface area (Å²) in [5.74, 6) is -0.486. The topological polar surface area (TPSA) is 144 Å². The highest BCUT2D eigenvalue weighted by Gasteiger charge is 2.48. The quantitative estimate of drug-likeness (QED) is 0.290. The Morgan fingerprint density at radius 3 is 2.57 bits per heavy atom. The molecule has 0 radical (unpaired) electrons. The van der Waals surface area contributed by atoms with Gasteiger partial charge in [-0.25, -0.2) is 27.5 Å². The molecule has 4 heterocycles. The van der Waals surface area contributed by atoms with Crippen LogP contribution in [-0.4, -0.2) is 57.5 Å². The summed E-state index contributed by atoms with van der Waals surface area (Å²) in [6.07, 6.45) is 3.84. The number of pyridine rings is 1. The van der Waals surface area contributed by atoms with Gasteiger partial charge in [-0.2, -0.15) is 5.10 Å². The maximum atomic E-state index is 14.5. The summed E-state index contributed by atoms with van der Waals surface area (Å²) in [4.78, 5) is 37.7. The zero-order valence-electron chi connectivity index (χ0n) is 24.8. The molecule has 3 aromatic heterocycles. The fourth-order valence-corrected chi connectivity index (χ4v) is 7.22. The molecule has 1 aliphatic heterocycles. The summed E-state index contributed by atoms with van der Waals surface area (Å²) in [5, 5.41) is 8.08. The lowest BCUT2D eigenvalue weighted by Crippen LogP contribution is -2.39.